The van der Waals surface area contributed by atoms with Crippen molar-refractivity contribution >= 4 is 16.5 Å². The first-order valence-electron chi connectivity index (χ1n) is 5.68. The standard InChI is InChI=1S/C11H17N5S/c1-8(2)6-10-14-15-11(17-10)12-7-9-4-5-13-16(9)3/h4-5,8H,6-7H2,1-3H3,(H,12,15). The lowest BCUT2D eigenvalue weighted by Crippen LogP contribution is -2.05. The number of rotatable bonds is 5. The maximum absolute atomic E-state index is 4.16. The molecule has 0 spiro atoms. The summed E-state index contributed by atoms with van der Waals surface area (Å²) in [6.45, 7) is 5.10. The zero-order chi connectivity index (χ0) is 12.3. The molecule has 0 atom stereocenters. The van der Waals surface area contributed by atoms with Crippen LogP contribution in [0.15, 0.2) is 12.3 Å². The lowest BCUT2D eigenvalue weighted by Gasteiger charge is -2.02. The van der Waals surface area contributed by atoms with Crippen molar-refractivity contribution in [1.82, 2.24) is 20.0 Å². The first kappa shape index (κ1) is 12.0. The monoisotopic (exact) mass is 251 g/mol. The maximum Gasteiger partial charge on any atom is 0.205 e. The lowest BCUT2D eigenvalue weighted by atomic mass is 10.1. The molecule has 6 heteroatoms. The van der Waals surface area contributed by atoms with Crippen LogP contribution in [0.3, 0.4) is 0 Å². The van der Waals surface area contributed by atoms with Crippen molar-refractivity contribution in [3.05, 3.63) is 23.0 Å². The predicted molar refractivity (Wildman–Crippen MR) is 69.0 cm³/mol. The second-order valence-electron chi connectivity index (χ2n) is 4.40. The van der Waals surface area contributed by atoms with Crippen LogP contribution in [-0.4, -0.2) is 20.0 Å². The van der Waals surface area contributed by atoms with E-state index < -0.39 is 0 Å². The van der Waals surface area contributed by atoms with E-state index in [0.29, 0.717) is 5.92 Å². The molecule has 2 heterocycles. The Balaban J connectivity index is 1.91. The normalized spacial score (nSPS) is 11.1. The van der Waals surface area contributed by atoms with Gasteiger partial charge in [0, 0.05) is 19.7 Å². The SMILES string of the molecule is CC(C)Cc1nnc(NCc2ccnn2C)s1. The van der Waals surface area contributed by atoms with Crippen molar-refractivity contribution in [3.8, 4) is 0 Å². The van der Waals surface area contributed by atoms with Crippen LogP contribution in [0, 0.1) is 5.92 Å². The molecule has 2 aromatic rings. The van der Waals surface area contributed by atoms with Gasteiger partial charge in [0.15, 0.2) is 0 Å². The second kappa shape index (κ2) is 5.27. The molecular formula is C11H17N5S. The largest absolute Gasteiger partial charge is 0.354 e. The predicted octanol–water partition coefficient (Wildman–Crippen LogP) is 2.08. The molecule has 0 aliphatic heterocycles. The number of nitrogens with one attached hydrogen (secondary N) is 1. The molecule has 0 fully saturated rings. The van der Waals surface area contributed by atoms with Crippen molar-refractivity contribution in [3.63, 3.8) is 0 Å². The number of aromatic nitrogens is 4. The molecule has 0 aromatic carbocycles. The smallest absolute Gasteiger partial charge is 0.205 e. The van der Waals surface area contributed by atoms with Gasteiger partial charge >= 0.3 is 0 Å². The summed E-state index contributed by atoms with van der Waals surface area (Å²) >= 11 is 1.63. The van der Waals surface area contributed by atoms with Gasteiger partial charge in [0.2, 0.25) is 5.13 Å². The minimum atomic E-state index is 0.618. The number of nitrogens with zero attached hydrogens (tertiary/aromatic N) is 4. The molecule has 2 aromatic heterocycles. The highest BCUT2D eigenvalue weighted by molar-refractivity contribution is 7.15. The van der Waals surface area contributed by atoms with E-state index in [1.165, 1.54) is 0 Å². The van der Waals surface area contributed by atoms with E-state index in [2.05, 4.69) is 34.5 Å². The van der Waals surface area contributed by atoms with E-state index in [4.69, 9.17) is 0 Å². The Kier molecular flexibility index (Phi) is 3.73. The van der Waals surface area contributed by atoms with Crippen molar-refractivity contribution in [2.24, 2.45) is 13.0 Å². The molecule has 2 rings (SSSR count). The van der Waals surface area contributed by atoms with Crippen LogP contribution in [0.5, 0.6) is 0 Å². The fraction of sp³-hybridized carbons (Fsp3) is 0.545. The van der Waals surface area contributed by atoms with E-state index >= 15 is 0 Å². The third-order valence-corrected chi connectivity index (χ3v) is 3.30. The number of hydrogen-bond acceptors (Lipinski definition) is 5. The van der Waals surface area contributed by atoms with Gasteiger partial charge in [-0.15, -0.1) is 10.2 Å². The molecule has 1 N–H and O–H groups in total. The Bertz CT molecular complexity index is 474. The summed E-state index contributed by atoms with van der Waals surface area (Å²) in [7, 11) is 1.93. The van der Waals surface area contributed by atoms with Crippen molar-refractivity contribution in [2.45, 2.75) is 26.8 Å². The molecular weight excluding hydrogens is 234 g/mol. The summed E-state index contributed by atoms with van der Waals surface area (Å²) in [5.74, 6) is 0.618. The molecule has 0 saturated heterocycles. The summed E-state index contributed by atoms with van der Waals surface area (Å²) in [5, 5.41) is 17.6. The van der Waals surface area contributed by atoms with Crippen molar-refractivity contribution in [1.29, 1.82) is 0 Å². The molecule has 0 radical (unpaired) electrons. The van der Waals surface area contributed by atoms with Gasteiger partial charge in [0.25, 0.3) is 0 Å². The van der Waals surface area contributed by atoms with Crippen LogP contribution in [0.1, 0.15) is 24.5 Å². The molecule has 92 valence electrons. The number of hydrogen-bond donors (Lipinski definition) is 1. The van der Waals surface area contributed by atoms with Crippen LogP contribution in [0.25, 0.3) is 0 Å². The third-order valence-electron chi connectivity index (χ3n) is 2.39. The maximum atomic E-state index is 4.16. The summed E-state index contributed by atoms with van der Waals surface area (Å²) in [6.07, 6.45) is 2.78. The fourth-order valence-corrected chi connectivity index (χ4v) is 2.45. The van der Waals surface area contributed by atoms with Gasteiger partial charge in [0.05, 0.1) is 12.2 Å². The molecule has 17 heavy (non-hydrogen) atoms. The first-order valence-corrected chi connectivity index (χ1v) is 6.50. The summed E-state index contributed by atoms with van der Waals surface area (Å²) in [5.41, 5.74) is 1.13. The fourth-order valence-electron chi connectivity index (χ4n) is 1.50. The topological polar surface area (TPSA) is 55.6 Å². The number of aryl methyl sites for hydroxylation is 1. The van der Waals surface area contributed by atoms with E-state index in [-0.39, 0.29) is 0 Å². The summed E-state index contributed by atoms with van der Waals surface area (Å²) < 4.78 is 1.85. The van der Waals surface area contributed by atoms with Crippen LogP contribution in [0.4, 0.5) is 5.13 Å². The van der Waals surface area contributed by atoms with Gasteiger partial charge in [-0.3, -0.25) is 4.68 Å². The third kappa shape index (κ3) is 3.26. The van der Waals surface area contributed by atoms with Gasteiger partial charge in [0.1, 0.15) is 5.01 Å². The Morgan fingerprint density at radius 3 is 2.88 bits per heavy atom. The van der Waals surface area contributed by atoms with Crippen LogP contribution in [-0.2, 0) is 20.0 Å². The molecule has 0 saturated carbocycles. The average molecular weight is 251 g/mol. The Hall–Kier alpha value is -1.43. The zero-order valence-electron chi connectivity index (χ0n) is 10.3. The quantitative estimate of drug-likeness (QED) is 0.884. The minimum absolute atomic E-state index is 0.618. The minimum Gasteiger partial charge on any atom is -0.354 e. The molecule has 0 bridgehead atoms. The highest BCUT2D eigenvalue weighted by Crippen LogP contribution is 2.18. The van der Waals surface area contributed by atoms with E-state index in [9.17, 15) is 0 Å². The van der Waals surface area contributed by atoms with E-state index in [0.717, 1.165) is 28.8 Å². The van der Waals surface area contributed by atoms with Gasteiger partial charge in [-0.1, -0.05) is 25.2 Å². The number of anilines is 1. The molecule has 0 unspecified atom stereocenters. The molecule has 0 aliphatic carbocycles. The van der Waals surface area contributed by atoms with Crippen molar-refractivity contribution in [2.75, 3.05) is 5.32 Å². The molecule has 5 nitrogen and oxygen atoms in total. The van der Waals surface area contributed by atoms with E-state index in [1.54, 1.807) is 17.5 Å². The van der Waals surface area contributed by atoms with Gasteiger partial charge in [-0.05, 0) is 12.0 Å². The average Bonchev–Trinajstić information content (AvgIpc) is 2.84. The lowest BCUT2D eigenvalue weighted by molar-refractivity contribution is 0.640. The highest BCUT2D eigenvalue weighted by Gasteiger charge is 2.06. The van der Waals surface area contributed by atoms with Gasteiger partial charge in [-0.25, -0.2) is 0 Å². The van der Waals surface area contributed by atoms with Gasteiger partial charge in [-0.2, -0.15) is 5.10 Å². The Morgan fingerprint density at radius 2 is 2.24 bits per heavy atom. The molecule has 0 amide bonds. The van der Waals surface area contributed by atoms with Gasteiger partial charge < -0.3 is 5.32 Å². The second-order valence-corrected chi connectivity index (χ2v) is 5.46. The summed E-state index contributed by atoms with van der Waals surface area (Å²) in [4.78, 5) is 0. The zero-order valence-corrected chi connectivity index (χ0v) is 11.2. The Morgan fingerprint density at radius 1 is 1.41 bits per heavy atom. The Labute approximate surface area is 105 Å². The molecule has 0 aliphatic rings. The van der Waals surface area contributed by atoms with Crippen LogP contribution >= 0.6 is 11.3 Å². The van der Waals surface area contributed by atoms with E-state index in [1.807, 2.05) is 17.8 Å². The van der Waals surface area contributed by atoms with Crippen molar-refractivity contribution < 1.29 is 0 Å². The highest BCUT2D eigenvalue weighted by atomic mass is 32.1. The first-order chi connectivity index (χ1) is 8.15. The summed E-state index contributed by atoms with van der Waals surface area (Å²) in [6, 6.07) is 1.99. The van der Waals surface area contributed by atoms with Crippen LogP contribution in [0.2, 0.25) is 0 Å². The van der Waals surface area contributed by atoms with Crippen LogP contribution < -0.4 is 5.32 Å².